The van der Waals surface area contributed by atoms with Crippen molar-refractivity contribution in [1.82, 2.24) is 0 Å². The first-order valence-corrected chi connectivity index (χ1v) is 4.52. The Morgan fingerprint density at radius 1 is 1.42 bits per heavy atom. The summed E-state index contributed by atoms with van der Waals surface area (Å²) in [5, 5.41) is 8.73. The van der Waals surface area contributed by atoms with Gasteiger partial charge in [0, 0.05) is 4.88 Å². The van der Waals surface area contributed by atoms with Crippen LogP contribution in [0.2, 0.25) is 0 Å². The lowest BCUT2D eigenvalue weighted by atomic mass is 10.3. The van der Waals surface area contributed by atoms with E-state index >= 15 is 0 Å². The maximum absolute atomic E-state index is 11.9. The third-order valence-electron chi connectivity index (χ3n) is 1.17. The zero-order chi connectivity index (χ0) is 9.35. The zero-order valence-corrected chi connectivity index (χ0v) is 8.00. The molecule has 0 spiro atoms. The highest BCUT2D eigenvalue weighted by molar-refractivity contribution is 9.11. The van der Waals surface area contributed by atoms with Crippen LogP contribution in [-0.4, -0.2) is 11.3 Å². The van der Waals surface area contributed by atoms with E-state index in [1.165, 1.54) is 12.1 Å². The first-order chi connectivity index (χ1) is 5.41. The summed E-state index contributed by atoms with van der Waals surface area (Å²) in [7, 11) is 0. The molecular weight excluding hydrogens is 257 g/mol. The van der Waals surface area contributed by atoms with Crippen molar-refractivity contribution < 1.29 is 18.3 Å². The van der Waals surface area contributed by atoms with E-state index in [9.17, 15) is 13.2 Å². The van der Waals surface area contributed by atoms with Crippen molar-refractivity contribution in [3.05, 3.63) is 20.8 Å². The molecule has 0 aromatic carbocycles. The van der Waals surface area contributed by atoms with E-state index in [1.807, 2.05) is 0 Å². The fourth-order valence-corrected chi connectivity index (χ4v) is 2.07. The van der Waals surface area contributed by atoms with Gasteiger partial charge in [0.2, 0.25) is 0 Å². The lowest BCUT2D eigenvalue weighted by Gasteiger charge is -2.11. The molecule has 1 rings (SSSR count). The van der Waals surface area contributed by atoms with E-state index in [0.717, 1.165) is 11.3 Å². The Bertz CT molecular complexity index is 270. The van der Waals surface area contributed by atoms with E-state index in [1.54, 1.807) is 0 Å². The van der Waals surface area contributed by atoms with Gasteiger partial charge in [-0.25, -0.2) is 0 Å². The Labute approximate surface area is 79.0 Å². The van der Waals surface area contributed by atoms with E-state index < -0.39 is 12.3 Å². The number of aliphatic hydroxyl groups excluding tert-OH is 1. The highest BCUT2D eigenvalue weighted by Gasteiger charge is 2.40. The van der Waals surface area contributed by atoms with Crippen LogP contribution in [0.4, 0.5) is 13.2 Å². The molecule has 1 heterocycles. The van der Waals surface area contributed by atoms with Crippen molar-refractivity contribution in [2.75, 3.05) is 0 Å². The number of rotatable bonds is 1. The number of halogens is 4. The summed E-state index contributed by atoms with van der Waals surface area (Å²) in [6.07, 6.45) is -6.95. The number of hydrogen-bond acceptors (Lipinski definition) is 2. The number of hydrogen-bond donors (Lipinski definition) is 1. The largest absolute Gasteiger partial charge is 0.419 e. The third-order valence-corrected chi connectivity index (χ3v) is 2.85. The van der Waals surface area contributed by atoms with E-state index in [2.05, 4.69) is 15.9 Å². The number of alkyl halides is 3. The molecule has 0 aliphatic heterocycles. The van der Waals surface area contributed by atoms with Gasteiger partial charge in [-0.2, -0.15) is 13.2 Å². The summed E-state index contributed by atoms with van der Waals surface area (Å²) in [4.78, 5) is -0.102. The smallest absolute Gasteiger partial charge is 0.379 e. The lowest BCUT2D eigenvalue weighted by Crippen LogP contribution is -2.18. The lowest BCUT2D eigenvalue weighted by molar-refractivity contribution is -0.205. The summed E-state index contributed by atoms with van der Waals surface area (Å²) in [6.45, 7) is 0. The fraction of sp³-hybridized carbons (Fsp3) is 0.333. The SMILES string of the molecule is O[C@@H](c1ccc(Br)s1)C(F)(F)F. The van der Waals surface area contributed by atoms with Crippen molar-refractivity contribution in [3.8, 4) is 0 Å². The highest BCUT2D eigenvalue weighted by Crippen LogP contribution is 2.37. The standard InChI is InChI=1S/C6H4BrF3OS/c7-4-2-1-3(12-4)5(11)6(8,9)10/h1-2,5,11H/t5-/m0/s1. The van der Waals surface area contributed by atoms with E-state index in [-0.39, 0.29) is 4.88 Å². The summed E-state index contributed by atoms with van der Waals surface area (Å²) in [6, 6.07) is 2.71. The van der Waals surface area contributed by atoms with Crippen molar-refractivity contribution in [3.63, 3.8) is 0 Å². The molecule has 1 atom stereocenters. The molecule has 0 amide bonds. The van der Waals surface area contributed by atoms with Crippen LogP contribution in [0.1, 0.15) is 11.0 Å². The molecular formula is C6H4BrF3OS. The van der Waals surface area contributed by atoms with Crippen molar-refractivity contribution in [2.45, 2.75) is 12.3 Å². The van der Waals surface area contributed by atoms with Gasteiger partial charge >= 0.3 is 6.18 Å². The molecule has 1 N–H and O–H groups in total. The van der Waals surface area contributed by atoms with Crippen molar-refractivity contribution in [2.24, 2.45) is 0 Å². The maximum Gasteiger partial charge on any atom is 0.419 e. The van der Waals surface area contributed by atoms with Gasteiger partial charge in [-0.05, 0) is 28.1 Å². The van der Waals surface area contributed by atoms with Gasteiger partial charge in [-0.3, -0.25) is 0 Å². The molecule has 0 aliphatic rings. The predicted molar refractivity (Wildman–Crippen MR) is 43.0 cm³/mol. The Kier molecular flexibility index (Phi) is 2.80. The van der Waals surface area contributed by atoms with Gasteiger partial charge in [0.05, 0.1) is 3.79 Å². The quantitative estimate of drug-likeness (QED) is 0.823. The second kappa shape index (κ2) is 3.35. The fourth-order valence-electron chi connectivity index (χ4n) is 0.637. The van der Waals surface area contributed by atoms with E-state index in [4.69, 9.17) is 5.11 Å². The Morgan fingerprint density at radius 2 is 2.00 bits per heavy atom. The summed E-state index contributed by atoms with van der Waals surface area (Å²) < 4.78 is 36.2. The van der Waals surface area contributed by atoms with Crippen LogP contribution in [-0.2, 0) is 0 Å². The molecule has 0 radical (unpaired) electrons. The van der Waals surface area contributed by atoms with Crippen molar-refractivity contribution >= 4 is 27.3 Å². The molecule has 6 heteroatoms. The minimum Gasteiger partial charge on any atom is -0.379 e. The van der Waals surface area contributed by atoms with Crippen LogP contribution in [0, 0.1) is 0 Å². The van der Waals surface area contributed by atoms with Crippen LogP contribution in [0.3, 0.4) is 0 Å². The zero-order valence-electron chi connectivity index (χ0n) is 5.60. The molecule has 0 aliphatic carbocycles. The van der Waals surface area contributed by atoms with Gasteiger partial charge in [0.25, 0.3) is 0 Å². The first kappa shape index (κ1) is 10.0. The number of aliphatic hydroxyl groups is 1. The predicted octanol–water partition coefficient (Wildman–Crippen LogP) is 3.11. The Morgan fingerprint density at radius 3 is 2.33 bits per heavy atom. The molecule has 0 fully saturated rings. The molecule has 1 aromatic rings. The van der Waals surface area contributed by atoms with Gasteiger partial charge in [0.1, 0.15) is 0 Å². The van der Waals surface area contributed by atoms with Crippen LogP contribution in [0.5, 0.6) is 0 Å². The molecule has 12 heavy (non-hydrogen) atoms. The van der Waals surface area contributed by atoms with Crippen LogP contribution in [0.25, 0.3) is 0 Å². The van der Waals surface area contributed by atoms with Crippen LogP contribution < -0.4 is 0 Å². The topological polar surface area (TPSA) is 20.2 Å². The normalized spacial score (nSPS) is 14.8. The van der Waals surface area contributed by atoms with Gasteiger partial charge < -0.3 is 5.11 Å². The van der Waals surface area contributed by atoms with Gasteiger partial charge in [-0.15, -0.1) is 11.3 Å². The number of thiophene rings is 1. The van der Waals surface area contributed by atoms with E-state index in [0.29, 0.717) is 3.79 Å². The maximum atomic E-state index is 11.9. The molecule has 1 aromatic heterocycles. The highest BCUT2D eigenvalue weighted by atomic mass is 79.9. The molecule has 0 saturated carbocycles. The first-order valence-electron chi connectivity index (χ1n) is 2.91. The Hall–Kier alpha value is -0.0700. The minimum atomic E-state index is -4.58. The van der Waals surface area contributed by atoms with Crippen LogP contribution >= 0.6 is 27.3 Å². The Balaban J connectivity index is 2.85. The molecule has 0 saturated heterocycles. The molecule has 68 valence electrons. The molecule has 0 bridgehead atoms. The minimum absolute atomic E-state index is 0.102. The summed E-state index contributed by atoms with van der Waals surface area (Å²) in [5.74, 6) is 0. The van der Waals surface area contributed by atoms with Gasteiger partial charge in [-0.1, -0.05) is 0 Å². The summed E-state index contributed by atoms with van der Waals surface area (Å²) >= 11 is 3.88. The third kappa shape index (κ3) is 2.21. The summed E-state index contributed by atoms with van der Waals surface area (Å²) in [5.41, 5.74) is 0. The average Bonchev–Trinajstić information content (AvgIpc) is 2.32. The molecule has 0 unspecified atom stereocenters. The van der Waals surface area contributed by atoms with Gasteiger partial charge in [0.15, 0.2) is 6.10 Å². The second-order valence-corrected chi connectivity index (χ2v) is 4.58. The second-order valence-electron chi connectivity index (χ2n) is 2.09. The average molecular weight is 261 g/mol. The molecule has 1 nitrogen and oxygen atoms in total. The van der Waals surface area contributed by atoms with Crippen molar-refractivity contribution in [1.29, 1.82) is 0 Å². The monoisotopic (exact) mass is 260 g/mol. The van der Waals surface area contributed by atoms with Crippen LogP contribution in [0.15, 0.2) is 15.9 Å².